The van der Waals surface area contributed by atoms with Crippen LogP contribution in [0, 0.1) is 11.8 Å². The van der Waals surface area contributed by atoms with Gasteiger partial charge in [-0.3, -0.25) is 0 Å². The van der Waals surface area contributed by atoms with Gasteiger partial charge in [-0.25, -0.2) is 0 Å². The van der Waals surface area contributed by atoms with Crippen LogP contribution >= 0.6 is 0 Å². The minimum absolute atomic E-state index is 0. The molecule has 0 aromatic rings. The maximum atomic E-state index is 5.12. The minimum atomic E-state index is 0. The first-order valence-electron chi connectivity index (χ1n) is 7.77. The molecule has 0 aromatic heterocycles. The minimum Gasteiger partial charge on any atom is -0.384 e. The predicted octanol–water partition coefficient (Wildman–Crippen LogP) is 4.56. The zero-order valence-corrected chi connectivity index (χ0v) is 13.7. The van der Waals surface area contributed by atoms with Crippen LogP contribution < -0.4 is 0 Å². The van der Waals surface area contributed by atoms with Crippen LogP contribution in [0.1, 0.15) is 42.0 Å². The van der Waals surface area contributed by atoms with Gasteiger partial charge in [0, 0.05) is 33.3 Å². The molecule has 0 amide bonds. The lowest BCUT2D eigenvalue weighted by molar-refractivity contribution is 0.135. The summed E-state index contributed by atoms with van der Waals surface area (Å²) in [6.45, 7) is 7.79. The van der Waals surface area contributed by atoms with Crippen LogP contribution in [0.15, 0.2) is 24.3 Å². The Balaban J connectivity index is -0.000000312. The fourth-order valence-electron chi connectivity index (χ4n) is 2.75. The Hall–Kier alpha value is -0.640. The molecule has 0 saturated heterocycles. The summed E-state index contributed by atoms with van der Waals surface area (Å²) in [5.74, 6) is 1.53. The first-order valence-corrected chi connectivity index (χ1v) is 7.77. The quantitative estimate of drug-likeness (QED) is 0.691. The zero-order valence-electron chi connectivity index (χ0n) is 13.7. The molecule has 23 heavy (non-hydrogen) atoms. The van der Waals surface area contributed by atoms with Crippen molar-refractivity contribution in [2.45, 2.75) is 42.0 Å². The van der Waals surface area contributed by atoms with Crippen molar-refractivity contribution in [3.8, 4) is 0 Å². The van der Waals surface area contributed by atoms with Gasteiger partial charge in [0.15, 0.2) is 0 Å². The maximum Gasteiger partial charge on any atom is 0.0505 e. The second-order valence-corrected chi connectivity index (χ2v) is 6.28. The van der Waals surface area contributed by atoms with Crippen LogP contribution in [-0.4, -0.2) is 63.8 Å². The SMILES string of the molecule is C.C.C.CC1CC=CCN(C)C1.COCC1CC=CCN(C)C1. The molecular formula is C20H44N2O. The molecule has 2 rings (SSSR count). The Labute approximate surface area is 147 Å². The fraction of sp³-hybridized carbons (Fsp3) is 0.800. The van der Waals surface area contributed by atoms with Crippen LogP contribution in [0.25, 0.3) is 0 Å². The summed E-state index contributed by atoms with van der Waals surface area (Å²) in [6.07, 6.45) is 11.4. The number of hydrogen-bond donors (Lipinski definition) is 0. The van der Waals surface area contributed by atoms with Gasteiger partial charge in [0.05, 0.1) is 6.61 Å². The lowest BCUT2D eigenvalue weighted by atomic mass is 10.1. The normalized spacial score (nSPS) is 24.7. The first kappa shape index (κ1) is 27.2. The summed E-state index contributed by atoms with van der Waals surface area (Å²) in [6, 6.07) is 0. The van der Waals surface area contributed by atoms with E-state index in [1.165, 1.54) is 13.0 Å². The van der Waals surface area contributed by atoms with Crippen LogP contribution in [-0.2, 0) is 4.74 Å². The third-order valence-corrected chi connectivity index (χ3v) is 3.77. The first-order chi connectivity index (χ1) is 9.61. The molecule has 140 valence electrons. The number of methoxy groups -OCH3 is 1. The number of nitrogens with zero attached hydrogens (tertiary/aromatic N) is 2. The third kappa shape index (κ3) is 13.5. The molecule has 0 bridgehead atoms. The van der Waals surface area contributed by atoms with E-state index in [0.29, 0.717) is 5.92 Å². The van der Waals surface area contributed by atoms with Crippen LogP contribution in [0.3, 0.4) is 0 Å². The van der Waals surface area contributed by atoms with Gasteiger partial charge in [-0.15, -0.1) is 0 Å². The maximum absolute atomic E-state index is 5.12. The summed E-state index contributed by atoms with van der Waals surface area (Å²) in [5.41, 5.74) is 0. The highest BCUT2D eigenvalue weighted by molar-refractivity contribution is 4.90. The Bertz CT molecular complexity index is 290. The largest absolute Gasteiger partial charge is 0.384 e. The van der Waals surface area contributed by atoms with Crippen molar-refractivity contribution in [3.05, 3.63) is 24.3 Å². The van der Waals surface area contributed by atoms with E-state index in [9.17, 15) is 0 Å². The second-order valence-electron chi connectivity index (χ2n) is 6.28. The lowest BCUT2D eigenvalue weighted by Gasteiger charge is -2.18. The highest BCUT2D eigenvalue weighted by Crippen LogP contribution is 2.10. The van der Waals surface area contributed by atoms with E-state index in [0.717, 1.165) is 38.6 Å². The van der Waals surface area contributed by atoms with Gasteiger partial charge in [0.2, 0.25) is 0 Å². The Morgan fingerprint density at radius 2 is 1.39 bits per heavy atom. The average Bonchev–Trinajstić information content (AvgIpc) is 2.71. The van der Waals surface area contributed by atoms with Crippen molar-refractivity contribution in [2.24, 2.45) is 11.8 Å². The van der Waals surface area contributed by atoms with E-state index in [4.69, 9.17) is 4.74 Å². The zero-order chi connectivity index (χ0) is 14.8. The molecule has 2 aliphatic heterocycles. The highest BCUT2D eigenvalue weighted by atomic mass is 16.5. The van der Waals surface area contributed by atoms with Crippen molar-refractivity contribution in [3.63, 3.8) is 0 Å². The summed E-state index contributed by atoms with van der Waals surface area (Å²) < 4.78 is 5.12. The number of allylic oxidation sites excluding steroid dienone is 2. The van der Waals surface area contributed by atoms with E-state index in [1.807, 2.05) is 0 Å². The Kier molecular flexibility index (Phi) is 19.2. The van der Waals surface area contributed by atoms with E-state index in [1.54, 1.807) is 7.11 Å². The molecule has 0 fully saturated rings. The molecule has 2 aliphatic rings. The Morgan fingerprint density at radius 3 is 1.96 bits per heavy atom. The van der Waals surface area contributed by atoms with Crippen molar-refractivity contribution in [2.75, 3.05) is 54.0 Å². The van der Waals surface area contributed by atoms with Gasteiger partial charge in [-0.2, -0.15) is 0 Å². The monoisotopic (exact) mass is 328 g/mol. The molecule has 2 heterocycles. The summed E-state index contributed by atoms with van der Waals surface area (Å²) >= 11 is 0. The van der Waals surface area contributed by atoms with Gasteiger partial charge in [-0.05, 0) is 38.8 Å². The molecule has 0 aliphatic carbocycles. The van der Waals surface area contributed by atoms with Crippen LogP contribution in [0.4, 0.5) is 0 Å². The van der Waals surface area contributed by atoms with E-state index < -0.39 is 0 Å². The fourth-order valence-corrected chi connectivity index (χ4v) is 2.75. The molecule has 0 spiro atoms. The average molecular weight is 329 g/mol. The molecule has 0 saturated carbocycles. The molecule has 0 aromatic carbocycles. The third-order valence-electron chi connectivity index (χ3n) is 3.77. The molecule has 0 radical (unpaired) electrons. The van der Waals surface area contributed by atoms with Crippen molar-refractivity contribution in [1.29, 1.82) is 0 Å². The number of ether oxygens (including phenoxy) is 1. The highest BCUT2D eigenvalue weighted by Gasteiger charge is 2.11. The van der Waals surface area contributed by atoms with Crippen LogP contribution in [0.2, 0.25) is 0 Å². The molecule has 3 nitrogen and oxygen atoms in total. The predicted molar refractivity (Wildman–Crippen MR) is 107 cm³/mol. The topological polar surface area (TPSA) is 15.7 Å². The van der Waals surface area contributed by atoms with Gasteiger partial charge in [0.1, 0.15) is 0 Å². The van der Waals surface area contributed by atoms with Gasteiger partial charge in [0.25, 0.3) is 0 Å². The number of hydrogen-bond acceptors (Lipinski definition) is 3. The standard InChI is InChI=1S/C9H17NO.C8H15N.3CH4/c1-10-6-4-3-5-9(7-10)8-11-2;1-8-5-3-4-6-9(2)7-8;;;/h3-4,9H,5-8H2,1-2H3;3-4,8H,5-7H2,1-2H3;3*1H4. The van der Waals surface area contributed by atoms with Crippen molar-refractivity contribution >= 4 is 0 Å². The summed E-state index contributed by atoms with van der Waals surface area (Å²) in [4.78, 5) is 4.68. The van der Waals surface area contributed by atoms with Crippen molar-refractivity contribution < 1.29 is 4.74 Å². The van der Waals surface area contributed by atoms with E-state index >= 15 is 0 Å². The van der Waals surface area contributed by atoms with Gasteiger partial charge < -0.3 is 14.5 Å². The molecule has 2 atom stereocenters. The lowest BCUT2D eigenvalue weighted by Crippen LogP contribution is -2.26. The summed E-state index contributed by atoms with van der Waals surface area (Å²) in [5, 5.41) is 0. The second kappa shape index (κ2) is 16.2. The molecular weight excluding hydrogens is 284 g/mol. The molecule has 3 heteroatoms. The number of likely N-dealkylation sites (N-methyl/N-ethyl adjacent to an activating group) is 2. The van der Waals surface area contributed by atoms with Crippen LogP contribution in [0.5, 0.6) is 0 Å². The van der Waals surface area contributed by atoms with Gasteiger partial charge >= 0.3 is 0 Å². The molecule has 2 unspecified atom stereocenters. The molecule has 0 N–H and O–H groups in total. The van der Waals surface area contributed by atoms with Crippen molar-refractivity contribution in [1.82, 2.24) is 9.80 Å². The smallest absolute Gasteiger partial charge is 0.0505 e. The summed E-state index contributed by atoms with van der Waals surface area (Å²) in [7, 11) is 6.10. The van der Waals surface area contributed by atoms with E-state index in [-0.39, 0.29) is 22.3 Å². The van der Waals surface area contributed by atoms with Gasteiger partial charge in [-0.1, -0.05) is 53.5 Å². The number of rotatable bonds is 2. The van der Waals surface area contributed by atoms with E-state index in [2.05, 4.69) is 55.1 Å². The Morgan fingerprint density at radius 1 is 0.870 bits per heavy atom.